The number of hydrogen-bond donors (Lipinski definition) is 1. The summed E-state index contributed by atoms with van der Waals surface area (Å²) in [5.74, 6) is -1.21. The molecule has 5 rings (SSSR count). The number of benzene rings is 2. The molecule has 0 unspecified atom stereocenters. The highest BCUT2D eigenvalue weighted by Crippen LogP contribution is 2.38. The van der Waals surface area contributed by atoms with E-state index in [0.29, 0.717) is 31.0 Å². The standard InChI is InChI=1S/C31H35ClFN5O5/c1-19-21(16-36(2)35-19)14-29(39)38-17-24-20-5-8-27(42-3)28(13-20)43-12-11-37(10-4-9-34-30(40)25(24)18-38)31(41)23-15-22(32)6-7-26(23)33/h5-8,13,15-16,24-25H,4,9-12,14,17-18H2,1-3H3,(H,34,40)/t24-,25+/m1/s1. The summed E-state index contributed by atoms with van der Waals surface area (Å²) in [4.78, 5) is 43.4. The van der Waals surface area contributed by atoms with Crippen molar-refractivity contribution >= 4 is 29.3 Å². The summed E-state index contributed by atoms with van der Waals surface area (Å²) in [6.45, 7) is 3.40. The molecule has 2 aliphatic heterocycles. The molecule has 12 heteroatoms. The van der Waals surface area contributed by atoms with Gasteiger partial charge in [0.05, 0.1) is 37.3 Å². The monoisotopic (exact) mass is 611 g/mol. The van der Waals surface area contributed by atoms with Crippen LogP contribution >= 0.6 is 11.6 Å². The highest BCUT2D eigenvalue weighted by atomic mass is 35.5. The van der Waals surface area contributed by atoms with E-state index in [1.807, 2.05) is 32.3 Å². The van der Waals surface area contributed by atoms with Crippen LogP contribution in [0.3, 0.4) is 0 Å². The third-order valence-electron chi connectivity index (χ3n) is 8.05. The lowest BCUT2D eigenvalue weighted by molar-refractivity contribution is -0.130. The quantitative estimate of drug-likeness (QED) is 0.485. The maximum Gasteiger partial charge on any atom is 0.256 e. The predicted molar refractivity (Wildman–Crippen MR) is 158 cm³/mol. The molecule has 3 amide bonds. The molecule has 1 fully saturated rings. The summed E-state index contributed by atoms with van der Waals surface area (Å²) in [5, 5.41) is 7.59. The van der Waals surface area contributed by atoms with Gasteiger partial charge in [0.1, 0.15) is 12.4 Å². The lowest BCUT2D eigenvalue weighted by atomic mass is 9.88. The predicted octanol–water partition coefficient (Wildman–Crippen LogP) is 3.36. The van der Waals surface area contributed by atoms with E-state index in [9.17, 15) is 18.8 Å². The van der Waals surface area contributed by atoms with Gasteiger partial charge in [0.2, 0.25) is 11.8 Å². The van der Waals surface area contributed by atoms with Crippen LogP contribution in [0.15, 0.2) is 42.6 Å². The first-order chi connectivity index (χ1) is 20.6. The van der Waals surface area contributed by atoms with Gasteiger partial charge in [0.15, 0.2) is 11.5 Å². The number of ether oxygens (including phenoxy) is 2. The van der Waals surface area contributed by atoms with Crippen LogP contribution in [-0.4, -0.2) is 83.7 Å². The molecule has 1 saturated heterocycles. The topological polar surface area (TPSA) is 106 Å². The van der Waals surface area contributed by atoms with Gasteiger partial charge in [-0.05, 0) is 49.2 Å². The van der Waals surface area contributed by atoms with Crippen LogP contribution in [0.4, 0.5) is 4.39 Å². The van der Waals surface area contributed by atoms with E-state index in [2.05, 4.69) is 10.4 Å². The summed E-state index contributed by atoms with van der Waals surface area (Å²) in [5.41, 5.74) is 2.37. The molecule has 2 bridgehead atoms. The normalized spacial score (nSPS) is 19.2. The molecule has 0 spiro atoms. The zero-order chi connectivity index (χ0) is 30.7. The molecule has 0 radical (unpaired) electrons. The largest absolute Gasteiger partial charge is 0.493 e. The fraction of sp³-hybridized carbons (Fsp3) is 0.419. The molecular weight excluding hydrogens is 577 g/mol. The average Bonchev–Trinajstić information content (AvgIpc) is 3.57. The lowest BCUT2D eigenvalue weighted by Gasteiger charge is -2.25. The minimum absolute atomic E-state index is 0.0679. The number of carbonyl (C=O) groups excluding carboxylic acids is 3. The number of likely N-dealkylation sites (tertiary alicyclic amines) is 1. The molecular formula is C31H35ClFN5O5. The zero-order valence-corrected chi connectivity index (χ0v) is 25.2. The lowest BCUT2D eigenvalue weighted by Crippen LogP contribution is -2.39. The number of amides is 3. The van der Waals surface area contributed by atoms with Gasteiger partial charge in [-0.25, -0.2) is 4.39 Å². The van der Waals surface area contributed by atoms with Crippen LogP contribution < -0.4 is 14.8 Å². The summed E-state index contributed by atoms with van der Waals surface area (Å²) < 4.78 is 27.8. The van der Waals surface area contributed by atoms with E-state index in [1.54, 1.807) is 15.6 Å². The van der Waals surface area contributed by atoms with Crippen LogP contribution in [-0.2, 0) is 23.1 Å². The SMILES string of the molecule is COc1ccc2cc1OCCN(C(=O)c1cc(Cl)ccc1F)CCCNC(=O)[C@H]1CN(C(=O)Cc3cn(C)nc3C)C[C@H]21. The van der Waals surface area contributed by atoms with E-state index in [-0.39, 0.29) is 61.0 Å². The third kappa shape index (κ3) is 6.77. The number of hydrogen-bond acceptors (Lipinski definition) is 6. The van der Waals surface area contributed by atoms with Gasteiger partial charge in [-0.2, -0.15) is 5.10 Å². The van der Waals surface area contributed by atoms with Crippen molar-refractivity contribution in [3.63, 3.8) is 0 Å². The molecule has 2 atom stereocenters. The Bertz CT molecular complexity index is 1530. The number of aromatic nitrogens is 2. The van der Waals surface area contributed by atoms with Crippen LogP contribution in [0.25, 0.3) is 0 Å². The van der Waals surface area contributed by atoms with E-state index in [4.69, 9.17) is 21.1 Å². The van der Waals surface area contributed by atoms with Crippen LogP contribution in [0.1, 0.15) is 39.5 Å². The first-order valence-electron chi connectivity index (χ1n) is 14.2. The van der Waals surface area contributed by atoms with Gasteiger partial charge in [0.25, 0.3) is 5.91 Å². The number of methoxy groups -OCH3 is 1. The van der Waals surface area contributed by atoms with Crippen molar-refractivity contribution in [3.8, 4) is 11.5 Å². The first-order valence-corrected chi connectivity index (χ1v) is 14.6. The molecule has 1 aromatic heterocycles. The fourth-order valence-electron chi connectivity index (χ4n) is 5.77. The number of rotatable bonds is 4. The van der Waals surface area contributed by atoms with Gasteiger partial charge in [0, 0.05) is 55.9 Å². The zero-order valence-electron chi connectivity index (χ0n) is 24.4. The van der Waals surface area contributed by atoms with Crippen molar-refractivity contribution < 1.29 is 28.2 Å². The van der Waals surface area contributed by atoms with Crippen molar-refractivity contribution in [1.29, 1.82) is 0 Å². The van der Waals surface area contributed by atoms with Gasteiger partial charge >= 0.3 is 0 Å². The maximum absolute atomic E-state index is 14.5. The summed E-state index contributed by atoms with van der Waals surface area (Å²) in [6.07, 6.45) is 2.48. The van der Waals surface area contributed by atoms with Crippen molar-refractivity contribution in [2.24, 2.45) is 13.0 Å². The Kier molecular flexibility index (Phi) is 9.19. The van der Waals surface area contributed by atoms with Crippen LogP contribution in [0, 0.1) is 18.7 Å². The Hall–Kier alpha value is -4.12. The molecule has 228 valence electrons. The minimum atomic E-state index is -0.664. The number of fused-ring (bicyclic) bond motifs is 4. The minimum Gasteiger partial charge on any atom is -0.493 e. The number of halogens is 2. The maximum atomic E-state index is 14.5. The third-order valence-corrected chi connectivity index (χ3v) is 8.29. The van der Waals surface area contributed by atoms with Crippen molar-refractivity contribution in [2.45, 2.75) is 25.7 Å². The average molecular weight is 612 g/mol. The number of nitrogens with zero attached hydrogens (tertiary/aromatic N) is 4. The van der Waals surface area contributed by atoms with Crippen LogP contribution in [0.2, 0.25) is 5.02 Å². The summed E-state index contributed by atoms with van der Waals surface area (Å²) >= 11 is 6.04. The number of aryl methyl sites for hydroxylation is 2. The molecule has 0 saturated carbocycles. The van der Waals surface area contributed by atoms with Gasteiger partial charge in [-0.15, -0.1) is 0 Å². The first kappa shape index (κ1) is 30.3. The molecule has 43 heavy (non-hydrogen) atoms. The van der Waals surface area contributed by atoms with E-state index in [0.717, 1.165) is 22.9 Å². The number of nitrogens with one attached hydrogen (secondary N) is 1. The van der Waals surface area contributed by atoms with E-state index in [1.165, 1.54) is 24.1 Å². The molecule has 2 aliphatic rings. The van der Waals surface area contributed by atoms with E-state index >= 15 is 0 Å². The highest BCUT2D eigenvalue weighted by molar-refractivity contribution is 6.31. The van der Waals surface area contributed by atoms with Crippen LogP contribution in [0.5, 0.6) is 11.5 Å². The second-order valence-electron chi connectivity index (χ2n) is 10.9. The molecule has 3 heterocycles. The van der Waals surface area contributed by atoms with Crippen molar-refractivity contribution in [2.75, 3.05) is 46.4 Å². The Morgan fingerprint density at radius 3 is 2.67 bits per heavy atom. The molecule has 2 aromatic carbocycles. The van der Waals surface area contributed by atoms with Crippen molar-refractivity contribution in [1.82, 2.24) is 24.9 Å². The summed E-state index contributed by atoms with van der Waals surface area (Å²) in [7, 11) is 3.35. The molecule has 1 N–H and O–H groups in total. The fourth-order valence-corrected chi connectivity index (χ4v) is 5.94. The van der Waals surface area contributed by atoms with Gasteiger partial charge < -0.3 is 24.6 Å². The van der Waals surface area contributed by atoms with Crippen molar-refractivity contribution in [3.05, 3.63) is 75.8 Å². The second kappa shape index (κ2) is 13.0. The number of carbonyl (C=O) groups is 3. The Balaban J connectivity index is 1.38. The van der Waals surface area contributed by atoms with Gasteiger partial charge in [-0.1, -0.05) is 17.7 Å². The Morgan fingerprint density at radius 1 is 1.14 bits per heavy atom. The molecule has 3 aromatic rings. The van der Waals surface area contributed by atoms with Gasteiger partial charge in [-0.3, -0.25) is 19.1 Å². The Labute approximate surface area is 254 Å². The molecule has 10 nitrogen and oxygen atoms in total. The van der Waals surface area contributed by atoms with E-state index < -0.39 is 17.6 Å². The smallest absolute Gasteiger partial charge is 0.256 e. The Morgan fingerprint density at radius 2 is 1.93 bits per heavy atom. The summed E-state index contributed by atoms with van der Waals surface area (Å²) in [6, 6.07) is 9.36. The highest BCUT2D eigenvalue weighted by Gasteiger charge is 2.40. The second-order valence-corrected chi connectivity index (χ2v) is 11.4. The molecule has 0 aliphatic carbocycles.